The smallest absolute Gasteiger partial charge is 0.128 e. The average Bonchev–Trinajstić information content (AvgIpc) is 2.32. The lowest BCUT2D eigenvalue weighted by Gasteiger charge is -2.16. The molecule has 0 saturated heterocycles. The largest absolute Gasteiger partial charge is 0.378 e. The molecule has 0 aliphatic rings. The van der Waals surface area contributed by atoms with Gasteiger partial charge in [0.15, 0.2) is 0 Å². The first-order valence-corrected chi connectivity index (χ1v) is 6.51. The summed E-state index contributed by atoms with van der Waals surface area (Å²) in [6.45, 7) is 1.95. The summed E-state index contributed by atoms with van der Waals surface area (Å²) in [5, 5.41) is 3.28. The van der Waals surface area contributed by atoms with Crippen LogP contribution in [0, 0.1) is 9.39 Å². The molecule has 0 aliphatic carbocycles. The molecule has 0 heterocycles. The number of rotatable bonds is 3. The molecule has 1 nitrogen and oxygen atoms in total. The van der Waals surface area contributed by atoms with Gasteiger partial charge in [0.2, 0.25) is 0 Å². The first-order chi connectivity index (χ1) is 8.16. The van der Waals surface area contributed by atoms with Gasteiger partial charge in [-0.2, -0.15) is 0 Å². The quantitative estimate of drug-likeness (QED) is 0.805. The van der Waals surface area contributed by atoms with Crippen molar-refractivity contribution < 1.29 is 4.39 Å². The van der Waals surface area contributed by atoms with E-state index < -0.39 is 0 Å². The maximum Gasteiger partial charge on any atom is 0.128 e. The van der Waals surface area contributed by atoms with Crippen LogP contribution in [0.3, 0.4) is 0 Å². The second-order valence-corrected chi connectivity index (χ2v) is 5.14. The third-order valence-corrected chi connectivity index (χ3v) is 3.32. The monoisotopic (exact) mass is 341 g/mol. The molecule has 0 aromatic heterocycles. The Balaban J connectivity index is 2.14. The number of anilines is 1. The van der Waals surface area contributed by atoms with E-state index >= 15 is 0 Å². The molecule has 88 valence electrons. The highest BCUT2D eigenvalue weighted by Gasteiger charge is 2.09. The molecule has 0 radical (unpaired) electrons. The van der Waals surface area contributed by atoms with Crippen molar-refractivity contribution in [3.05, 3.63) is 63.5 Å². The Morgan fingerprint density at radius 1 is 1.06 bits per heavy atom. The minimum absolute atomic E-state index is 0.0451. The van der Waals surface area contributed by atoms with E-state index in [1.54, 1.807) is 12.1 Å². The Hall–Kier alpha value is -1.10. The SMILES string of the molecule is CC(Nc1ccc(I)cc1)c1ccccc1F. The highest BCUT2D eigenvalue weighted by molar-refractivity contribution is 14.1. The fourth-order valence-electron chi connectivity index (χ4n) is 1.70. The molecule has 0 aliphatic heterocycles. The fraction of sp³-hybridized carbons (Fsp3) is 0.143. The zero-order valence-corrected chi connectivity index (χ0v) is 11.6. The maximum atomic E-state index is 13.6. The van der Waals surface area contributed by atoms with Crippen LogP contribution in [0.15, 0.2) is 48.5 Å². The Labute approximate surface area is 114 Å². The fourth-order valence-corrected chi connectivity index (χ4v) is 2.06. The molecular formula is C14H13FIN. The summed E-state index contributed by atoms with van der Waals surface area (Å²) >= 11 is 2.26. The van der Waals surface area contributed by atoms with Gasteiger partial charge in [-0.1, -0.05) is 18.2 Å². The molecule has 2 aromatic rings. The lowest BCUT2D eigenvalue weighted by molar-refractivity contribution is 0.600. The molecule has 17 heavy (non-hydrogen) atoms. The van der Waals surface area contributed by atoms with E-state index in [0.29, 0.717) is 5.56 Å². The zero-order valence-electron chi connectivity index (χ0n) is 9.45. The Morgan fingerprint density at radius 3 is 2.35 bits per heavy atom. The Bertz CT molecular complexity index is 496. The summed E-state index contributed by atoms with van der Waals surface area (Å²) in [4.78, 5) is 0. The molecule has 1 unspecified atom stereocenters. The van der Waals surface area contributed by atoms with E-state index in [9.17, 15) is 4.39 Å². The second kappa shape index (κ2) is 5.49. The van der Waals surface area contributed by atoms with Crippen molar-refractivity contribution in [2.45, 2.75) is 13.0 Å². The predicted octanol–water partition coefficient (Wildman–Crippen LogP) is 4.60. The van der Waals surface area contributed by atoms with E-state index in [1.807, 2.05) is 37.3 Å². The van der Waals surface area contributed by atoms with Crippen LogP contribution in [0.5, 0.6) is 0 Å². The standard InChI is InChI=1S/C14H13FIN/c1-10(13-4-2-3-5-14(13)15)17-12-8-6-11(16)7-9-12/h2-10,17H,1H3. The van der Waals surface area contributed by atoms with Crippen molar-refractivity contribution in [3.63, 3.8) is 0 Å². The average molecular weight is 341 g/mol. The summed E-state index contributed by atoms with van der Waals surface area (Å²) in [5.74, 6) is -0.169. The summed E-state index contributed by atoms with van der Waals surface area (Å²) < 4.78 is 14.8. The van der Waals surface area contributed by atoms with Gasteiger partial charge in [-0.3, -0.25) is 0 Å². The van der Waals surface area contributed by atoms with Gasteiger partial charge in [0, 0.05) is 14.8 Å². The summed E-state index contributed by atoms with van der Waals surface area (Å²) in [6.07, 6.45) is 0. The van der Waals surface area contributed by atoms with Crippen LogP contribution in [0.2, 0.25) is 0 Å². The molecule has 0 bridgehead atoms. The van der Waals surface area contributed by atoms with Gasteiger partial charge in [0.1, 0.15) is 5.82 Å². The van der Waals surface area contributed by atoms with Gasteiger partial charge in [0.05, 0.1) is 6.04 Å². The first-order valence-electron chi connectivity index (χ1n) is 5.43. The summed E-state index contributed by atoms with van der Waals surface area (Å²) in [5.41, 5.74) is 1.69. The van der Waals surface area contributed by atoms with Gasteiger partial charge >= 0.3 is 0 Å². The molecule has 2 aromatic carbocycles. The third kappa shape index (κ3) is 3.19. The lowest BCUT2D eigenvalue weighted by Crippen LogP contribution is -2.08. The summed E-state index contributed by atoms with van der Waals surface area (Å²) in [6, 6.07) is 14.9. The van der Waals surface area contributed by atoms with Crippen molar-refractivity contribution in [1.82, 2.24) is 0 Å². The van der Waals surface area contributed by atoms with Gasteiger partial charge < -0.3 is 5.32 Å². The van der Waals surface area contributed by atoms with Crippen molar-refractivity contribution in [2.24, 2.45) is 0 Å². The maximum absolute atomic E-state index is 13.6. The second-order valence-electron chi connectivity index (χ2n) is 3.89. The molecule has 2 rings (SSSR count). The highest BCUT2D eigenvalue weighted by Crippen LogP contribution is 2.21. The van der Waals surface area contributed by atoms with Crippen molar-refractivity contribution in [1.29, 1.82) is 0 Å². The number of benzene rings is 2. The van der Waals surface area contributed by atoms with E-state index in [4.69, 9.17) is 0 Å². The van der Waals surface area contributed by atoms with Crippen molar-refractivity contribution >= 4 is 28.3 Å². The highest BCUT2D eigenvalue weighted by atomic mass is 127. The van der Waals surface area contributed by atoms with E-state index in [2.05, 4.69) is 27.9 Å². The van der Waals surface area contributed by atoms with E-state index in [1.165, 1.54) is 9.64 Å². The molecule has 1 atom stereocenters. The number of hydrogen-bond acceptors (Lipinski definition) is 1. The molecule has 0 spiro atoms. The van der Waals surface area contributed by atoms with E-state index in [0.717, 1.165) is 5.69 Å². The molecule has 1 N–H and O–H groups in total. The topological polar surface area (TPSA) is 12.0 Å². The van der Waals surface area contributed by atoms with E-state index in [-0.39, 0.29) is 11.9 Å². The normalized spacial score (nSPS) is 12.2. The van der Waals surface area contributed by atoms with Crippen LogP contribution in [0.1, 0.15) is 18.5 Å². The number of halogens is 2. The van der Waals surface area contributed by atoms with Crippen LogP contribution in [-0.2, 0) is 0 Å². The molecule has 0 amide bonds. The minimum Gasteiger partial charge on any atom is -0.378 e. The van der Waals surface area contributed by atoms with Crippen LogP contribution in [0.4, 0.5) is 10.1 Å². The Morgan fingerprint density at radius 2 is 1.71 bits per heavy atom. The van der Waals surface area contributed by atoms with Gasteiger partial charge in [-0.25, -0.2) is 4.39 Å². The minimum atomic E-state index is -0.169. The van der Waals surface area contributed by atoms with Crippen LogP contribution in [-0.4, -0.2) is 0 Å². The first kappa shape index (κ1) is 12.4. The predicted molar refractivity (Wildman–Crippen MR) is 77.6 cm³/mol. The van der Waals surface area contributed by atoms with Gasteiger partial charge in [-0.15, -0.1) is 0 Å². The van der Waals surface area contributed by atoms with Crippen molar-refractivity contribution in [3.8, 4) is 0 Å². The molecule has 3 heteroatoms. The molecule has 0 saturated carbocycles. The summed E-state index contributed by atoms with van der Waals surface area (Å²) in [7, 11) is 0. The van der Waals surface area contributed by atoms with Gasteiger partial charge in [0.25, 0.3) is 0 Å². The zero-order chi connectivity index (χ0) is 12.3. The third-order valence-electron chi connectivity index (χ3n) is 2.60. The van der Waals surface area contributed by atoms with Crippen LogP contribution in [0.25, 0.3) is 0 Å². The molecular weight excluding hydrogens is 328 g/mol. The Kier molecular flexibility index (Phi) is 3.99. The van der Waals surface area contributed by atoms with Crippen molar-refractivity contribution in [2.75, 3.05) is 5.32 Å². The van der Waals surface area contributed by atoms with Crippen LogP contribution < -0.4 is 5.32 Å². The van der Waals surface area contributed by atoms with Crippen LogP contribution >= 0.6 is 22.6 Å². The molecule has 0 fully saturated rings. The number of nitrogens with one attached hydrogen (secondary N) is 1. The van der Waals surface area contributed by atoms with Gasteiger partial charge in [-0.05, 0) is 59.8 Å². The lowest BCUT2D eigenvalue weighted by atomic mass is 10.1. The number of hydrogen-bond donors (Lipinski definition) is 1.